The molecule has 2 atom stereocenters. The average molecular weight is 477 g/mol. The lowest BCUT2D eigenvalue weighted by Crippen LogP contribution is -2.37. The number of ether oxygens (including phenoxy) is 2. The van der Waals surface area contributed by atoms with E-state index < -0.39 is 0 Å². The first kappa shape index (κ1) is 22.7. The van der Waals surface area contributed by atoms with Crippen molar-refractivity contribution in [3.63, 3.8) is 0 Å². The first-order valence-electron chi connectivity index (χ1n) is 10.7. The van der Waals surface area contributed by atoms with Gasteiger partial charge in [-0.15, -0.1) is 0 Å². The molecule has 0 unspecified atom stereocenters. The largest absolute Gasteiger partial charge is 0.497 e. The average Bonchev–Trinajstić information content (AvgIpc) is 3.48. The second kappa shape index (κ2) is 9.59. The zero-order chi connectivity index (χ0) is 22.8. The second-order valence-corrected chi connectivity index (χ2v) is 9.03. The number of hydrogen-bond acceptors (Lipinski definition) is 4. The van der Waals surface area contributed by atoms with Gasteiger partial charge in [0.2, 0.25) is 5.91 Å². The van der Waals surface area contributed by atoms with Crippen molar-refractivity contribution in [2.24, 2.45) is 5.92 Å². The van der Waals surface area contributed by atoms with Crippen LogP contribution in [0.4, 0.5) is 0 Å². The Morgan fingerprint density at radius 2 is 1.69 bits per heavy atom. The minimum atomic E-state index is -0.356. The lowest BCUT2D eigenvalue weighted by Gasteiger charge is -2.25. The summed E-state index contributed by atoms with van der Waals surface area (Å²) in [4.78, 5) is 30.4. The molecular formula is C24H26Cl2N2O4. The highest BCUT2D eigenvalue weighted by molar-refractivity contribution is 6.36. The molecule has 0 spiro atoms. The van der Waals surface area contributed by atoms with Crippen molar-refractivity contribution >= 4 is 35.0 Å². The fourth-order valence-corrected chi connectivity index (χ4v) is 5.15. The molecule has 2 heterocycles. The first-order chi connectivity index (χ1) is 15.4. The summed E-state index contributed by atoms with van der Waals surface area (Å²) in [6, 6.07) is 10.4. The van der Waals surface area contributed by atoms with Gasteiger partial charge in [-0.1, -0.05) is 29.3 Å². The van der Waals surface area contributed by atoms with Crippen molar-refractivity contribution in [1.82, 2.24) is 9.80 Å². The van der Waals surface area contributed by atoms with Gasteiger partial charge in [-0.05, 0) is 37.1 Å². The summed E-state index contributed by atoms with van der Waals surface area (Å²) in [5.74, 6) is 0.646. The Hall–Kier alpha value is -2.44. The Kier molecular flexibility index (Phi) is 6.82. The molecule has 6 nitrogen and oxygen atoms in total. The van der Waals surface area contributed by atoms with Gasteiger partial charge < -0.3 is 19.3 Å². The molecule has 0 bridgehead atoms. The summed E-state index contributed by atoms with van der Waals surface area (Å²) < 4.78 is 10.9. The van der Waals surface area contributed by atoms with E-state index in [4.69, 9.17) is 32.7 Å². The molecule has 32 heavy (non-hydrogen) atoms. The highest BCUT2D eigenvalue weighted by Gasteiger charge is 2.43. The summed E-state index contributed by atoms with van der Waals surface area (Å²) in [6.07, 6.45) is 2.02. The molecule has 2 aliphatic heterocycles. The minimum Gasteiger partial charge on any atom is -0.497 e. The van der Waals surface area contributed by atoms with Crippen molar-refractivity contribution in [3.8, 4) is 11.5 Å². The van der Waals surface area contributed by atoms with Gasteiger partial charge in [-0.2, -0.15) is 0 Å². The predicted molar refractivity (Wildman–Crippen MR) is 124 cm³/mol. The van der Waals surface area contributed by atoms with Crippen LogP contribution in [0.15, 0.2) is 36.4 Å². The predicted octanol–water partition coefficient (Wildman–Crippen LogP) is 4.49. The number of halogens is 2. The van der Waals surface area contributed by atoms with Crippen LogP contribution in [0.5, 0.6) is 11.5 Å². The first-order valence-corrected chi connectivity index (χ1v) is 11.4. The van der Waals surface area contributed by atoms with E-state index in [2.05, 4.69) is 0 Å². The fraction of sp³-hybridized carbons (Fsp3) is 0.417. The number of methoxy groups -OCH3 is 2. The fourth-order valence-electron chi connectivity index (χ4n) is 4.67. The van der Waals surface area contributed by atoms with Gasteiger partial charge in [-0.3, -0.25) is 9.59 Å². The van der Waals surface area contributed by atoms with E-state index in [1.807, 2.05) is 23.1 Å². The number of hydrogen-bond donors (Lipinski definition) is 0. The number of benzene rings is 2. The van der Waals surface area contributed by atoms with E-state index in [-0.39, 0.29) is 23.7 Å². The summed E-state index contributed by atoms with van der Waals surface area (Å²) >= 11 is 12.3. The number of nitrogens with zero attached hydrogens (tertiary/aromatic N) is 2. The van der Waals surface area contributed by atoms with Gasteiger partial charge >= 0.3 is 0 Å². The zero-order valence-corrected chi connectivity index (χ0v) is 19.7. The van der Waals surface area contributed by atoms with E-state index in [9.17, 15) is 9.59 Å². The maximum absolute atomic E-state index is 13.4. The van der Waals surface area contributed by atoms with E-state index in [0.717, 1.165) is 31.5 Å². The number of carbonyl (C=O) groups is 2. The molecule has 2 fully saturated rings. The maximum Gasteiger partial charge on any atom is 0.255 e. The summed E-state index contributed by atoms with van der Waals surface area (Å²) in [5.41, 5.74) is 1.27. The molecule has 0 saturated carbocycles. The van der Waals surface area contributed by atoms with Crippen molar-refractivity contribution < 1.29 is 19.1 Å². The number of likely N-dealkylation sites (tertiary alicyclic amines) is 2. The smallest absolute Gasteiger partial charge is 0.255 e. The third-order valence-electron chi connectivity index (χ3n) is 6.34. The van der Waals surface area contributed by atoms with Crippen LogP contribution >= 0.6 is 23.2 Å². The van der Waals surface area contributed by atoms with Crippen LogP contribution in [0.25, 0.3) is 0 Å². The monoisotopic (exact) mass is 476 g/mol. The van der Waals surface area contributed by atoms with Crippen molar-refractivity contribution in [2.45, 2.75) is 18.8 Å². The van der Waals surface area contributed by atoms with E-state index >= 15 is 0 Å². The molecular weight excluding hydrogens is 451 g/mol. The van der Waals surface area contributed by atoms with Crippen LogP contribution in [0.2, 0.25) is 10.0 Å². The Morgan fingerprint density at radius 3 is 2.34 bits per heavy atom. The van der Waals surface area contributed by atoms with Gasteiger partial charge in [0.25, 0.3) is 5.91 Å². The third-order valence-corrected chi connectivity index (χ3v) is 6.89. The number of carbonyl (C=O) groups excluding carboxylic acids is 2. The normalized spacial score (nSPS) is 20.5. The van der Waals surface area contributed by atoms with Gasteiger partial charge in [-0.25, -0.2) is 0 Å². The third kappa shape index (κ3) is 4.39. The van der Waals surface area contributed by atoms with Gasteiger partial charge in [0, 0.05) is 48.7 Å². The van der Waals surface area contributed by atoms with Gasteiger partial charge in [0.05, 0.1) is 30.7 Å². The standard InChI is InChI=1S/C24H26Cl2N2O4/c1-31-16-6-8-17(22(12-16)32-2)19-13-28(14-20(19)24(30)27-9-3-4-10-27)23(29)18-7-5-15(25)11-21(18)26/h5-8,11-12,19-20H,3-4,9-10,13-14H2,1-2H3/t19-,20+/m1/s1. The highest BCUT2D eigenvalue weighted by Crippen LogP contribution is 2.41. The van der Waals surface area contributed by atoms with Crippen molar-refractivity contribution in [3.05, 3.63) is 57.6 Å². The summed E-state index contributed by atoms with van der Waals surface area (Å²) in [7, 11) is 3.20. The van der Waals surface area contributed by atoms with Crippen LogP contribution < -0.4 is 9.47 Å². The molecule has 2 aromatic carbocycles. The van der Waals surface area contributed by atoms with E-state index in [0.29, 0.717) is 40.2 Å². The second-order valence-electron chi connectivity index (χ2n) is 8.19. The molecule has 2 amide bonds. The van der Waals surface area contributed by atoms with Crippen molar-refractivity contribution in [1.29, 1.82) is 0 Å². The molecule has 2 aliphatic rings. The number of rotatable bonds is 5. The molecule has 0 radical (unpaired) electrons. The topological polar surface area (TPSA) is 59.1 Å². The summed E-state index contributed by atoms with van der Waals surface area (Å²) in [6.45, 7) is 2.25. The molecule has 2 saturated heterocycles. The van der Waals surface area contributed by atoms with Crippen molar-refractivity contribution in [2.75, 3.05) is 40.4 Å². The zero-order valence-electron chi connectivity index (χ0n) is 18.1. The number of amides is 2. The molecule has 0 aromatic heterocycles. The SMILES string of the molecule is COc1ccc([C@H]2CN(C(=O)c3ccc(Cl)cc3Cl)C[C@@H]2C(=O)N2CCCC2)c(OC)c1. The lowest BCUT2D eigenvalue weighted by molar-refractivity contribution is -0.134. The van der Waals surface area contributed by atoms with E-state index in [1.165, 1.54) is 0 Å². The van der Waals surface area contributed by atoms with Gasteiger partial charge in [0.1, 0.15) is 11.5 Å². The van der Waals surface area contributed by atoms with Crippen LogP contribution in [-0.2, 0) is 4.79 Å². The molecule has 8 heteroatoms. The van der Waals surface area contributed by atoms with Crippen LogP contribution in [0.1, 0.15) is 34.7 Å². The molecule has 2 aromatic rings. The minimum absolute atomic E-state index is 0.0860. The Morgan fingerprint density at radius 1 is 0.938 bits per heavy atom. The Bertz CT molecular complexity index is 1020. The molecule has 170 valence electrons. The van der Waals surface area contributed by atoms with Gasteiger partial charge in [0.15, 0.2) is 0 Å². The lowest BCUT2D eigenvalue weighted by atomic mass is 9.87. The van der Waals surface area contributed by atoms with Crippen LogP contribution in [0.3, 0.4) is 0 Å². The molecule has 0 aliphatic carbocycles. The molecule has 0 N–H and O–H groups in total. The van der Waals surface area contributed by atoms with Crippen LogP contribution in [0, 0.1) is 5.92 Å². The Balaban J connectivity index is 1.68. The maximum atomic E-state index is 13.4. The summed E-state index contributed by atoms with van der Waals surface area (Å²) in [5, 5.41) is 0.770. The highest BCUT2D eigenvalue weighted by atomic mass is 35.5. The van der Waals surface area contributed by atoms with E-state index in [1.54, 1.807) is 37.3 Å². The Labute approximate surface area is 198 Å². The quantitative estimate of drug-likeness (QED) is 0.637. The van der Waals surface area contributed by atoms with Crippen LogP contribution in [-0.4, -0.2) is 62.0 Å². The molecule has 4 rings (SSSR count).